The van der Waals surface area contributed by atoms with Crippen LogP contribution in [0.5, 0.6) is 17.2 Å². The number of hydrogen-bond donors (Lipinski definition) is 3. The summed E-state index contributed by atoms with van der Waals surface area (Å²) in [6, 6.07) is 17.8. The van der Waals surface area contributed by atoms with Crippen LogP contribution in [-0.2, 0) is 26.8 Å². The van der Waals surface area contributed by atoms with Crippen LogP contribution in [0.4, 0.5) is 8.78 Å². The molecule has 9 nitrogen and oxygen atoms in total. The number of ether oxygens (including phenoxy) is 5. The number of esters is 1. The summed E-state index contributed by atoms with van der Waals surface area (Å²) < 4.78 is 57.1. The third-order valence-corrected chi connectivity index (χ3v) is 6.92. The molecule has 0 radical (unpaired) electrons. The Morgan fingerprint density at radius 2 is 1.38 bits per heavy atom. The van der Waals surface area contributed by atoms with Crippen molar-refractivity contribution in [2.45, 2.75) is 45.0 Å². The SMILES string of the molecule is C=C(CO)C(=O)OCCOc1cc(OCCOC(O)C(=C)CO)cc(OC(F)(F)c2ccc(-c3ccc(CCCCC)cc3)cc2)c1. The largest absolute Gasteiger partial charge is 0.491 e. The van der Waals surface area contributed by atoms with E-state index in [1.165, 1.54) is 42.3 Å². The van der Waals surface area contributed by atoms with Crippen molar-refractivity contribution < 1.29 is 52.6 Å². The number of benzene rings is 3. The minimum Gasteiger partial charge on any atom is -0.491 e. The second-order valence-electron chi connectivity index (χ2n) is 10.6. The van der Waals surface area contributed by atoms with Crippen molar-refractivity contribution in [2.75, 3.05) is 39.6 Å². The lowest BCUT2D eigenvalue weighted by Gasteiger charge is -2.20. The van der Waals surface area contributed by atoms with Crippen molar-refractivity contribution >= 4 is 5.97 Å². The number of halogens is 2. The molecule has 0 bridgehead atoms. The fourth-order valence-electron chi connectivity index (χ4n) is 4.25. The average Bonchev–Trinajstić information content (AvgIpc) is 3.07. The number of aryl methyl sites for hydroxylation is 1. The van der Waals surface area contributed by atoms with Crippen molar-refractivity contribution in [2.24, 2.45) is 0 Å². The topological polar surface area (TPSA) is 124 Å². The van der Waals surface area contributed by atoms with Crippen molar-refractivity contribution in [1.82, 2.24) is 0 Å². The Morgan fingerprint density at radius 1 is 0.809 bits per heavy atom. The first-order valence-corrected chi connectivity index (χ1v) is 15.3. The summed E-state index contributed by atoms with van der Waals surface area (Å²) in [5.41, 5.74) is 2.50. The zero-order chi connectivity index (χ0) is 34.2. The Bertz CT molecular complexity index is 1440. The third kappa shape index (κ3) is 12.1. The van der Waals surface area contributed by atoms with Gasteiger partial charge in [0.05, 0.1) is 31.0 Å². The lowest BCUT2D eigenvalue weighted by atomic mass is 10.0. The fourth-order valence-corrected chi connectivity index (χ4v) is 4.25. The molecule has 0 aliphatic rings. The highest BCUT2D eigenvalue weighted by Gasteiger charge is 2.35. The number of rotatable bonds is 21. The number of aliphatic hydroxyl groups excluding tert-OH is 3. The van der Waals surface area contributed by atoms with Gasteiger partial charge >= 0.3 is 12.1 Å². The van der Waals surface area contributed by atoms with Gasteiger partial charge in [0.1, 0.15) is 37.1 Å². The minimum atomic E-state index is -3.73. The summed E-state index contributed by atoms with van der Waals surface area (Å²) in [5, 5.41) is 27.8. The predicted octanol–water partition coefficient (Wildman–Crippen LogP) is 5.95. The van der Waals surface area contributed by atoms with E-state index < -0.39 is 31.6 Å². The molecule has 0 amide bonds. The molecule has 0 heterocycles. The van der Waals surface area contributed by atoms with E-state index in [0.29, 0.717) is 0 Å². The predicted molar refractivity (Wildman–Crippen MR) is 172 cm³/mol. The van der Waals surface area contributed by atoms with Gasteiger partial charge in [-0.25, -0.2) is 4.79 Å². The zero-order valence-corrected chi connectivity index (χ0v) is 26.5. The second kappa shape index (κ2) is 18.8. The van der Waals surface area contributed by atoms with Crippen LogP contribution in [0.15, 0.2) is 91.0 Å². The zero-order valence-electron chi connectivity index (χ0n) is 26.5. The van der Waals surface area contributed by atoms with E-state index in [4.69, 9.17) is 33.9 Å². The minimum absolute atomic E-state index is 0.0605. The molecule has 0 aliphatic heterocycles. The van der Waals surface area contributed by atoms with E-state index in [0.717, 1.165) is 30.4 Å². The molecule has 0 aliphatic carbocycles. The first kappa shape index (κ1) is 37.2. The Kier molecular flexibility index (Phi) is 14.8. The number of hydrogen-bond acceptors (Lipinski definition) is 9. The lowest BCUT2D eigenvalue weighted by molar-refractivity contribution is -0.185. The van der Waals surface area contributed by atoms with Gasteiger partial charge < -0.3 is 39.0 Å². The van der Waals surface area contributed by atoms with Crippen molar-refractivity contribution in [3.63, 3.8) is 0 Å². The van der Waals surface area contributed by atoms with Gasteiger partial charge in [0.2, 0.25) is 0 Å². The van der Waals surface area contributed by atoms with Gasteiger partial charge in [-0.1, -0.05) is 69.3 Å². The standard InChI is InChI=1S/C36H42F2O9/c1-4-5-6-7-27-8-10-28(11-9-27)29-12-14-30(15-13-29)36(37,38)47-33-21-31(43-16-18-45-34(41)25(2)23-39)20-32(22-33)44-17-19-46-35(42)26(3)24-40/h8-15,20-22,34,39-41H,2-7,16-19,23-24H2,1H3. The normalized spacial score (nSPS) is 11.9. The molecule has 0 saturated heterocycles. The molecule has 47 heavy (non-hydrogen) atoms. The van der Waals surface area contributed by atoms with Gasteiger partial charge in [0, 0.05) is 23.8 Å². The number of aliphatic hydroxyl groups is 3. The van der Waals surface area contributed by atoms with Gasteiger partial charge in [-0.15, -0.1) is 0 Å². The molecule has 1 atom stereocenters. The number of alkyl halides is 2. The highest BCUT2D eigenvalue weighted by molar-refractivity contribution is 5.87. The van der Waals surface area contributed by atoms with E-state index in [1.54, 1.807) is 12.1 Å². The summed E-state index contributed by atoms with van der Waals surface area (Å²) in [6.45, 7) is 7.42. The van der Waals surface area contributed by atoms with Crippen LogP contribution >= 0.6 is 0 Å². The van der Waals surface area contributed by atoms with Crippen molar-refractivity contribution in [3.05, 3.63) is 102 Å². The van der Waals surface area contributed by atoms with Crippen LogP contribution < -0.4 is 14.2 Å². The maximum Gasteiger partial charge on any atom is 0.426 e. The third-order valence-electron chi connectivity index (χ3n) is 6.92. The number of carbonyl (C=O) groups excluding carboxylic acids is 1. The lowest BCUT2D eigenvalue weighted by Crippen LogP contribution is -2.22. The molecular weight excluding hydrogens is 614 g/mol. The molecule has 254 valence electrons. The average molecular weight is 657 g/mol. The molecule has 0 fully saturated rings. The van der Waals surface area contributed by atoms with Crippen LogP contribution in [0.25, 0.3) is 11.1 Å². The Hall–Kier alpha value is -4.29. The molecule has 3 aromatic carbocycles. The smallest absolute Gasteiger partial charge is 0.426 e. The van der Waals surface area contributed by atoms with E-state index in [9.17, 15) is 9.90 Å². The molecule has 3 rings (SSSR count). The quantitative estimate of drug-likeness (QED) is 0.0420. The highest BCUT2D eigenvalue weighted by Crippen LogP contribution is 2.36. The molecule has 3 N–H and O–H groups in total. The monoisotopic (exact) mass is 656 g/mol. The Balaban J connectivity index is 1.70. The van der Waals surface area contributed by atoms with Crippen molar-refractivity contribution in [3.8, 4) is 28.4 Å². The Morgan fingerprint density at radius 3 is 1.96 bits per heavy atom. The number of unbranched alkanes of at least 4 members (excludes halogenated alkanes) is 2. The van der Waals surface area contributed by atoms with E-state index in [2.05, 4.69) is 32.2 Å². The highest BCUT2D eigenvalue weighted by atomic mass is 19.3. The first-order valence-electron chi connectivity index (χ1n) is 15.3. The van der Waals surface area contributed by atoms with Crippen LogP contribution in [0.1, 0.15) is 37.3 Å². The van der Waals surface area contributed by atoms with Gasteiger partial charge in [0.25, 0.3) is 0 Å². The molecule has 3 aromatic rings. The van der Waals surface area contributed by atoms with Gasteiger partial charge in [-0.3, -0.25) is 0 Å². The van der Waals surface area contributed by atoms with Crippen LogP contribution in [0.3, 0.4) is 0 Å². The summed E-state index contributed by atoms with van der Waals surface area (Å²) in [5.74, 6) is -0.904. The fraction of sp³-hybridized carbons (Fsp3) is 0.361. The first-order chi connectivity index (χ1) is 22.6. The van der Waals surface area contributed by atoms with Gasteiger partial charge in [-0.05, 0) is 41.7 Å². The van der Waals surface area contributed by atoms with Crippen LogP contribution in [-0.4, -0.2) is 67.2 Å². The molecular formula is C36H42F2O9. The molecule has 0 spiro atoms. The van der Waals surface area contributed by atoms with Crippen molar-refractivity contribution in [1.29, 1.82) is 0 Å². The second-order valence-corrected chi connectivity index (χ2v) is 10.6. The van der Waals surface area contributed by atoms with Crippen LogP contribution in [0, 0.1) is 0 Å². The van der Waals surface area contributed by atoms with Gasteiger partial charge in [-0.2, -0.15) is 8.78 Å². The molecule has 1 unspecified atom stereocenters. The maximum atomic E-state index is 15.4. The van der Waals surface area contributed by atoms with E-state index >= 15 is 8.78 Å². The molecule has 0 saturated carbocycles. The summed E-state index contributed by atoms with van der Waals surface area (Å²) in [7, 11) is 0. The van der Waals surface area contributed by atoms with E-state index in [-0.39, 0.29) is 60.4 Å². The summed E-state index contributed by atoms with van der Waals surface area (Å²) in [4.78, 5) is 11.7. The summed E-state index contributed by atoms with van der Waals surface area (Å²) in [6.07, 6.45) is -0.673. The Labute approximate surface area is 273 Å². The molecule has 0 aromatic heterocycles. The van der Waals surface area contributed by atoms with Gasteiger partial charge in [0.15, 0.2) is 6.29 Å². The van der Waals surface area contributed by atoms with E-state index in [1.807, 2.05) is 12.1 Å². The molecule has 11 heteroatoms. The summed E-state index contributed by atoms with van der Waals surface area (Å²) >= 11 is 0. The number of carbonyl (C=O) groups is 1. The maximum absolute atomic E-state index is 15.4. The van der Waals surface area contributed by atoms with Crippen LogP contribution in [0.2, 0.25) is 0 Å².